The second-order valence-corrected chi connectivity index (χ2v) is 9.83. The number of hydrogen-bond acceptors (Lipinski definition) is 7. The Morgan fingerprint density at radius 1 is 1.41 bits per heavy atom. The summed E-state index contributed by atoms with van der Waals surface area (Å²) >= 11 is 1.84. The number of pyridine rings is 1. The molecule has 1 N–H and O–H groups in total. The Balaban J connectivity index is 1.34. The minimum absolute atomic E-state index is 0.146. The van der Waals surface area contributed by atoms with Gasteiger partial charge in [0.05, 0.1) is 18.7 Å². The zero-order chi connectivity index (χ0) is 22.5. The summed E-state index contributed by atoms with van der Waals surface area (Å²) in [6.07, 6.45) is 5.86. The topological polar surface area (TPSA) is 71.9 Å². The zero-order valence-electron chi connectivity index (χ0n) is 18.6. The molecule has 7 heteroatoms. The SMILES string of the molecule is C=CC(=O)OCCSCC[C@H]1CN2CC[C@H]1C[C@H]2[C@H](O)c1ccnc2ccc(OC)cc12. The van der Waals surface area contributed by atoms with Gasteiger partial charge in [0.15, 0.2) is 0 Å². The molecular formula is C25H32N2O4S. The predicted molar refractivity (Wildman–Crippen MR) is 128 cm³/mol. The normalized spacial score (nSPS) is 25.4. The number of piperidine rings is 3. The predicted octanol–water partition coefficient (Wildman–Crippen LogP) is 3.84. The third-order valence-electron chi connectivity index (χ3n) is 6.87. The van der Waals surface area contributed by atoms with E-state index in [1.165, 1.54) is 18.9 Å². The second-order valence-electron chi connectivity index (χ2n) is 8.61. The van der Waals surface area contributed by atoms with Gasteiger partial charge in [-0.15, -0.1) is 0 Å². The fourth-order valence-electron chi connectivity index (χ4n) is 5.17. The molecule has 5 rings (SSSR count). The van der Waals surface area contributed by atoms with E-state index in [-0.39, 0.29) is 12.0 Å². The van der Waals surface area contributed by atoms with Crippen molar-refractivity contribution < 1.29 is 19.4 Å². The van der Waals surface area contributed by atoms with Crippen LogP contribution in [-0.4, -0.2) is 65.3 Å². The van der Waals surface area contributed by atoms with Crippen molar-refractivity contribution in [3.8, 4) is 5.75 Å². The largest absolute Gasteiger partial charge is 0.497 e. The third kappa shape index (κ3) is 5.11. The zero-order valence-corrected chi connectivity index (χ0v) is 19.4. The van der Waals surface area contributed by atoms with E-state index in [4.69, 9.17) is 9.47 Å². The quantitative estimate of drug-likeness (QED) is 0.331. The number of rotatable bonds is 10. The lowest BCUT2D eigenvalue weighted by Gasteiger charge is -2.51. The van der Waals surface area contributed by atoms with Crippen LogP contribution in [0.1, 0.15) is 30.9 Å². The van der Waals surface area contributed by atoms with Crippen LogP contribution >= 0.6 is 11.8 Å². The molecular weight excluding hydrogens is 424 g/mol. The van der Waals surface area contributed by atoms with E-state index < -0.39 is 6.10 Å². The minimum atomic E-state index is -0.537. The molecule has 3 aliphatic rings. The summed E-state index contributed by atoms with van der Waals surface area (Å²) in [7, 11) is 1.66. The van der Waals surface area contributed by atoms with Crippen LogP contribution in [0.5, 0.6) is 5.75 Å². The van der Waals surface area contributed by atoms with Crippen molar-refractivity contribution in [1.29, 1.82) is 0 Å². The molecule has 6 nitrogen and oxygen atoms in total. The highest BCUT2D eigenvalue weighted by Gasteiger charge is 2.43. The van der Waals surface area contributed by atoms with E-state index >= 15 is 0 Å². The van der Waals surface area contributed by atoms with Crippen LogP contribution < -0.4 is 4.74 Å². The van der Waals surface area contributed by atoms with Gasteiger partial charge in [0.25, 0.3) is 0 Å². The molecule has 3 fully saturated rings. The molecule has 2 bridgehead atoms. The fraction of sp³-hybridized carbons (Fsp3) is 0.520. The molecule has 0 saturated carbocycles. The molecule has 172 valence electrons. The molecule has 2 aromatic rings. The van der Waals surface area contributed by atoms with Gasteiger partial charge in [-0.1, -0.05) is 6.58 Å². The number of methoxy groups -OCH3 is 1. The summed E-state index contributed by atoms with van der Waals surface area (Å²) in [5, 5.41) is 12.4. The van der Waals surface area contributed by atoms with Crippen LogP contribution in [0, 0.1) is 11.8 Å². The number of ether oxygens (including phenoxy) is 2. The van der Waals surface area contributed by atoms with Crippen LogP contribution in [0.4, 0.5) is 0 Å². The van der Waals surface area contributed by atoms with Gasteiger partial charge in [-0.05, 0) is 73.2 Å². The lowest BCUT2D eigenvalue weighted by atomic mass is 9.72. The number of carbonyl (C=O) groups is 1. The summed E-state index contributed by atoms with van der Waals surface area (Å²) in [6, 6.07) is 7.92. The van der Waals surface area contributed by atoms with Crippen molar-refractivity contribution >= 4 is 28.6 Å². The highest BCUT2D eigenvalue weighted by molar-refractivity contribution is 7.99. The Morgan fingerprint density at radius 3 is 3.03 bits per heavy atom. The number of aromatic nitrogens is 1. The van der Waals surface area contributed by atoms with Crippen LogP contribution in [0.15, 0.2) is 43.1 Å². The van der Waals surface area contributed by atoms with Crippen molar-refractivity contribution in [2.75, 3.05) is 38.3 Å². The first-order valence-corrected chi connectivity index (χ1v) is 12.5. The Labute approximate surface area is 194 Å². The van der Waals surface area contributed by atoms with E-state index in [0.29, 0.717) is 18.4 Å². The van der Waals surface area contributed by atoms with E-state index in [0.717, 1.165) is 53.2 Å². The number of benzene rings is 1. The molecule has 0 radical (unpaired) electrons. The highest BCUT2D eigenvalue weighted by Crippen LogP contribution is 2.43. The van der Waals surface area contributed by atoms with Crippen LogP contribution in [0.2, 0.25) is 0 Å². The first kappa shape index (κ1) is 23.1. The Hall–Kier alpha value is -2.09. The first-order chi connectivity index (χ1) is 15.6. The molecule has 1 unspecified atom stereocenters. The second kappa shape index (κ2) is 10.7. The molecule has 32 heavy (non-hydrogen) atoms. The van der Waals surface area contributed by atoms with Crippen LogP contribution in [0.25, 0.3) is 10.9 Å². The monoisotopic (exact) mass is 456 g/mol. The number of aliphatic hydroxyl groups is 1. The lowest BCUT2D eigenvalue weighted by Crippen LogP contribution is -2.55. The molecule has 0 aliphatic carbocycles. The van der Waals surface area contributed by atoms with Gasteiger partial charge in [-0.3, -0.25) is 9.88 Å². The maximum atomic E-state index is 11.4. The molecule has 1 aromatic heterocycles. The summed E-state index contributed by atoms with van der Waals surface area (Å²) < 4.78 is 10.4. The molecule has 3 aliphatic heterocycles. The van der Waals surface area contributed by atoms with Gasteiger partial charge in [0.2, 0.25) is 0 Å². The van der Waals surface area contributed by atoms with Crippen LogP contribution in [-0.2, 0) is 9.53 Å². The van der Waals surface area contributed by atoms with Crippen molar-refractivity contribution in [1.82, 2.24) is 9.88 Å². The molecule has 0 spiro atoms. The maximum Gasteiger partial charge on any atom is 0.330 e. The van der Waals surface area contributed by atoms with E-state index in [9.17, 15) is 9.90 Å². The van der Waals surface area contributed by atoms with Gasteiger partial charge in [0, 0.05) is 36.0 Å². The average molecular weight is 457 g/mol. The molecule has 4 heterocycles. The highest BCUT2D eigenvalue weighted by atomic mass is 32.2. The molecule has 1 aromatic carbocycles. The number of nitrogens with zero attached hydrogens (tertiary/aromatic N) is 2. The Morgan fingerprint density at radius 2 is 2.28 bits per heavy atom. The number of hydrogen-bond donors (Lipinski definition) is 1. The standard InChI is InChI=1S/C25H32N2O4S/c1-3-24(28)31-11-13-32-12-8-18-16-27-10-7-17(18)14-23(27)25(29)20-6-9-26-22-5-4-19(30-2)15-21(20)22/h3-6,9,15,17-18,23,25,29H,1,7-8,10-14,16H2,2H3/t17-,18-,23-,25+/m0/s1. The van der Waals surface area contributed by atoms with Crippen molar-refractivity contribution in [2.45, 2.75) is 31.4 Å². The van der Waals surface area contributed by atoms with Gasteiger partial charge in [0.1, 0.15) is 12.4 Å². The van der Waals surface area contributed by atoms with E-state index in [1.54, 1.807) is 13.3 Å². The molecule has 3 saturated heterocycles. The lowest BCUT2D eigenvalue weighted by molar-refractivity contribution is -0.137. The van der Waals surface area contributed by atoms with Crippen molar-refractivity contribution in [3.05, 3.63) is 48.7 Å². The smallest absolute Gasteiger partial charge is 0.330 e. The van der Waals surface area contributed by atoms with Gasteiger partial charge >= 0.3 is 5.97 Å². The number of fused-ring (bicyclic) bond motifs is 4. The summed E-state index contributed by atoms with van der Waals surface area (Å²) in [4.78, 5) is 18.0. The average Bonchev–Trinajstić information content (AvgIpc) is 2.85. The number of aliphatic hydroxyl groups excluding tert-OH is 1. The van der Waals surface area contributed by atoms with Crippen molar-refractivity contribution in [2.24, 2.45) is 11.8 Å². The van der Waals surface area contributed by atoms with E-state index in [1.807, 2.05) is 36.0 Å². The number of carbonyl (C=O) groups excluding carboxylic acids is 1. The van der Waals surface area contributed by atoms with Crippen LogP contribution in [0.3, 0.4) is 0 Å². The third-order valence-corrected chi connectivity index (χ3v) is 7.85. The fourth-order valence-corrected chi connectivity index (χ4v) is 6.05. The van der Waals surface area contributed by atoms with Gasteiger partial charge < -0.3 is 14.6 Å². The summed E-state index contributed by atoms with van der Waals surface area (Å²) in [5.41, 5.74) is 1.82. The minimum Gasteiger partial charge on any atom is -0.497 e. The molecule has 0 amide bonds. The van der Waals surface area contributed by atoms with Gasteiger partial charge in [-0.25, -0.2) is 4.79 Å². The van der Waals surface area contributed by atoms with Crippen molar-refractivity contribution in [3.63, 3.8) is 0 Å². The van der Waals surface area contributed by atoms with E-state index in [2.05, 4.69) is 16.5 Å². The van der Waals surface area contributed by atoms with Gasteiger partial charge in [-0.2, -0.15) is 11.8 Å². The number of thioether (sulfide) groups is 1. The Bertz CT molecular complexity index is 953. The summed E-state index contributed by atoms with van der Waals surface area (Å²) in [5.74, 6) is 3.64. The maximum absolute atomic E-state index is 11.4. The first-order valence-electron chi connectivity index (χ1n) is 11.3. The number of esters is 1. The molecule has 5 atom stereocenters. The Kier molecular flexibility index (Phi) is 7.71. The summed E-state index contributed by atoms with van der Waals surface area (Å²) in [6.45, 7) is 5.95.